The molecule has 6 heteroatoms. The Labute approximate surface area is 147 Å². The fourth-order valence-corrected chi connectivity index (χ4v) is 3.17. The molecule has 2 aromatic rings. The largest absolute Gasteiger partial charge is 0.381 e. The van der Waals surface area contributed by atoms with Crippen LogP contribution in [-0.4, -0.2) is 35.2 Å². The number of nitriles is 1. The van der Waals surface area contributed by atoms with Gasteiger partial charge >= 0.3 is 0 Å². The van der Waals surface area contributed by atoms with Crippen LogP contribution in [0.15, 0.2) is 30.5 Å². The lowest BCUT2D eigenvalue weighted by atomic mass is 9.99. The number of ether oxygens (including phenoxy) is 1. The van der Waals surface area contributed by atoms with Crippen LogP contribution in [0.25, 0.3) is 0 Å². The van der Waals surface area contributed by atoms with Crippen LogP contribution < -0.4 is 5.32 Å². The first kappa shape index (κ1) is 17.2. The van der Waals surface area contributed by atoms with Crippen molar-refractivity contribution in [2.45, 2.75) is 32.2 Å². The monoisotopic (exact) mass is 338 g/mol. The first-order valence-corrected chi connectivity index (χ1v) is 8.57. The molecule has 0 radical (unpaired) electrons. The van der Waals surface area contributed by atoms with Crippen molar-refractivity contribution in [2.75, 3.05) is 19.8 Å². The second kappa shape index (κ2) is 7.95. The normalized spacial score (nSPS) is 14.9. The molecule has 25 heavy (non-hydrogen) atoms. The Morgan fingerprint density at radius 3 is 3.00 bits per heavy atom. The summed E-state index contributed by atoms with van der Waals surface area (Å²) in [5.41, 5.74) is 2.09. The lowest BCUT2D eigenvalue weighted by Crippen LogP contribution is -2.28. The molecule has 0 aliphatic carbocycles. The minimum Gasteiger partial charge on any atom is -0.381 e. The number of carbonyl (C=O) groups excluding carboxylic acids is 1. The number of aryl methyl sites for hydroxylation is 1. The van der Waals surface area contributed by atoms with E-state index in [0.29, 0.717) is 30.1 Å². The minimum absolute atomic E-state index is 0.164. The van der Waals surface area contributed by atoms with E-state index in [-0.39, 0.29) is 5.91 Å². The summed E-state index contributed by atoms with van der Waals surface area (Å²) in [6.07, 6.45) is 3.87. The molecule has 130 valence electrons. The Bertz CT molecular complexity index is 785. The van der Waals surface area contributed by atoms with Gasteiger partial charge in [0.25, 0.3) is 5.91 Å². The number of nitrogens with one attached hydrogen (secondary N) is 1. The number of benzene rings is 1. The number of hydrogen-bond donors (Lipinski definition) is 1. The van der Waals surface area contributed by atoms with Gasteiger partial charge in [0, 0.05) is 49.7 Å². The average Bonchev–Trinajstić information content (AvgIpc) is 3.03. The fraction of sp³-hybridized carbons (Fsp3) is 0.421. The molecule has 1 aliphatic heterocycles. The minimum atomic E-state index is -0.164. The maximum atomic E-state index is 12.3. The number of imidazole rings is 1. The zero-order chi connectivity index (χ0) is 17.6. The summed E-state index contributed by atoms with van der Waals surface area (Å²) >= 11 is 0. The van der Waals surface area contributed by atoms with Crippen molar-refractivity contribution in [3.63, 3.8) is 0 Å². The van der Waals surface area contributed by atoms with Crippen molar-refractivity contribution in [3.8, 4) is 6.07 Å². The summed E-state index contributed by atoms with van der Waals surface area (Å²) in [7, 11) is 0. The van der Waals surface area contributed by atoms with Crippen LogP contribution in [-0.2, 0) is 11.3 Å². The molecule has 1 saturated heterocycles. The molecule has 3 rings (SSSR count). The third-order valence-electron chi connectivity index (χ3n) is 4.55. The SMILES string of the molecule is Cc1cnc(C2CCOCC2)n1CCNC(=O)c1cccc(C#N)c1. The summed E-state index contributed by atoms with van der Waals surface area (Å²) in [5, 5.41) is 11.9. The first-order valence-electron chi connectivity index (χ1n) is 8.57. The highest BCUT2D eigenvalue weighted by atomic mass is 16.5. The lowest BCUT2D eigenvalue weighted by Gasteiger charge is -2.23. The predicted octanol–water partition coefficient (Wildman–Crippen LogP) is 2.39. The third-order valence-corrected chi connectivity index (χ3v) is 4.55. The Kier molecular flexibility index (Phi) is 5.46. The molecular weight excluding hydrogens is 316 g/mol. The molecule has 0 unspecified atom stereocenters. The summed E-state index contributed by atoms with van der Waals surface area (Å²) in [6.45, 7) is 4.80. The molecule has 1 N–H and O–H groups in total. The van der Waals surface area contributed by atoms with Gasteiger partial charge in [-0.3, -0.25) is 4.79 Å². The summed E-state index contributed by atoms with van der Waals surface area (Å²) < 4.78 is 7.61. The Hall–Kier alpha value is -2.65. The van der Waals surface area contributed by atoms with Crippen molar-refractivity contribution in [3.05, 3.63) is 53.1 Å². The van der Waals surface area contributed by atoms with Gasteiger partial charge in [-0.15, -0.1) is 0 Å². The summed E-state index contributed by atoms with van der Waals surface area (Å²) in [6, 6.07) is 8.77. The van der Waals surface area contributed by atoms with Crippen LogP contribution >= 0.6 is 0 Å². The van der Waals surface area contributed by atoms with Gasteiger partial charge in [-0.05, 0) is 38.0 Å². The molecule has 6 nitrogen and oxygen atoms in total. The molecule has 0 atom stereocenters. The van der Waals surface area contributed by atoms with Crippen molar-refractivity contribution >= 4 is 5.91 Å². The van der Waals surface area contributed by atoms with Gasteiger partial charge in [-0.25, -0.2) is 4.98 Å². The molecule has 0 saturated carbocycles. The van der Waals surface area contributed by atoms with Gasteiger partial charge in [0.15, 0.2) is 0 Å². The maximum absolute atomic E-state index is 12.3. The van der Waals surface area contributed by atoms with Gasteiger partial charge in [0.05, 0.1) is 11.6 Å². The molecule has 2 heterocycles. The zero-order valence-electron chi connectivity index (χ0n) is 14.4. The van der Waals surface area contributed by atoms with Gasteiger partial charge < -0.3 is 14.6 Å². The highest BCUT2D eigenvalue weighted by molar-refractivity contribution is 5.94. The van der Waals surface area contributed by atoms with E-state index in [2.05, 4.69) is 14.9 Å². The van der Waals surface area contributed by atoms with Crippen molar-refractivity contribution < 1.29 is 9.53 Å². The third kappa shape index (κ3) is 4.06. The van der Waals surface area contributed by atoms with E-state index in [1.165, 1.54) is 0 Å². The number of carbonyl (C=O) groups is 1. The molecule has 1 aromatic heterocycles. The van der Waals surface area contributed by atoms with Gasteiger partial charge in [0.2, 0.25) is 0 Å². The average molecular weight is 338 g/mol. The molecule has 0 bridgehead atoms. The molecular formula is C19H22N4O2. The van der Waals surface area contributed by atoms with Crippen molar-refractivity contribution in [1.82, 2.24) is 14.9 Å². The Morgan fingerprint density at radius 2 is 2.24 bits per heavy atom. The summed E-state index contributed by atoms with van der Waals surface area (Å²) in [4.78, 5) is 16.8. The topological polar surface area (TPSA) is 79.9 Å². The number of aromatic nitrogens is 2. The van der Waals surface area contributed by atoms with Gasteiger partial charge in [-0.1, -0.05) is 6.07 Å². The smallest absolute Gasteiger partial charge is 0.251 e. The molecule has 1 aromatic carbocycles. The number of amides is 1. The van der Waals surface area contributed by atoms with Crippen molar-refractivity contribution in [1.29, 1.82) is 5.26 Å². The molecule has 1 fully saturated rings. The Morgan fingerprint density at radius 1 is 1.44 bits per heavy atom. The van der Waals surface area contributed by atoms with E-state index in [1.54, 1.807) is 24.3 Å². The van der Waals surface area contributed by atoms with E-state index < -0.39 is 0 Å². The van der Waals surface area contributed by atoms with Crippen molar-refractivity contribution in [2.24, 2.45) is 0 Å². The molecule has 1 amide bonds. The Balaban J connectivity index is 1.61. The second-order valence-electron chi connectivity index (χ2n) is 6.24. The van der Waals surface area contributed by atoms with E-state index in [1.807, 2.05) is 19.2 Å². The van der Waals surface area contributed by atoms with Crippen LogP contribution in [0.1, 0.15) is 46.2 Å². The van der Waals surface area contributed by atoms with Gasteiger partial charge in [0.1, 0.15) is 5.82 Å². The highest BCUT2D eigenvalue weighted by Crippen LogP contribution is 2.26. The molecule has 0 spiro atoms. The number of nitrogens with zero attached hydrogens (tertiary/aromatic N) is 3. The van der Waals surface area contributed by atoms with Crippen LogP contribution in [0, 0.1) is 18.3 Å². The number of rotatable bonds is 5. The van der Waals surface area contributed by atoms with E-state index in [0.717, 1.165) is 37.6 Å². The van der Waals surface area contributed by atoms with E-state index in [9.17, 15) is 4.79 Å². The standard InChI is InChI=1S/C19H22N4O2/c1-14-13-22-18(16-5-9-25-10-6-16)23(14)8-7-21-19(24)17-4-2-3-15(11-17)12-20/h2-4,11,13,16H,5-10H2,1H3,(H,21,24). The van der Waals surface area contributed by atoms with Crippen LogP contribution in [0.3, 0.4) is 0 Å². The number of hydrogen-bond acceptors (Lipinski definition) is 4. The summed E-state index contributed by atoms with van der Waals surface area (Å²) in [5.74, 6) is 1.34. The van der Waals surface area contributed by atoms with Crippen LogP contribution in [0.2, 0.25) is 0 Å². The second-order valence-corrected chi connectivity index (χ2v) is 6.24. The maximum Gasteiger partial charge on any atom is 0.251 e. The van der Waals surface area contributed by atoms with E-state index >= 15 is 0 Å². The van der Waals surface area contributed by atoms with E-state index in [4.69, 9.17) is 10.00 Å². The van der Waals surface area contributed by atoms with Gasteiger partial charge in [-0.2, -0.15) is 5.26 Å². The van der Waals surface area contributed by atoms with Crippen LogP contribution in [0.4, 0.5) is 0 Å². The fourth-order valence-electron chi connectivity index (χ4n) is 3.17. The molecule has 1 aliphatic rings. The first-order chi connectivity index (χ1) is 12.2. The highest BCUT2D eigenvalue weighted by Gasteiger charge is 2.21. The lowest BCUT2D eigenvalue weighted by molar-refractivity contribution is 0.0827. The quantitative estimate of drug-likeness (QED) is 0.908. The zero-order valence-corrected chi connectivity index (χ0v) is 14.4. The predicted molar refractivity (Wildman–Crippen MR) is 93.2 cm³/mol. The van der Waals surface area contributed by atoms with Crippen LogP contribution in [0.5, 0.6) is 0 Å².